The number of nitriles is 2. The molecule has 1 aliphatic rings. The Morgan fingerprint density at radius 2 is 2.11 bits per heavy atom. The Balaban J connectivity index is 1.79. The normalized spacial score (nSPS) is 17.5. The number of benzene rings is 1. The number of aryl methyl sites for hydroxylation is 1. The van der Waals surface area contributed by atoms with Crippen molar-refractivity contribution in [3.63, 3.8) is 0 Å². The number of anilines is 2. The SMILES string of the molecule is Cc1ccncc1-c1cc2cc(NC(=O)[C@@H]3C[C@H]3C#N)ncc2c(N)c1C#N. The van der Waals surface area contributed by atoms with E-state index in [1.165, 1.54) is 0 Å². The molecule has 2 aromatic heterocycles. The highest BCUT2D eigenvalue weighted by molar-refractivity contribution is 6.03. The van der Waals surface area contributed by atoms with E-state index in [9.17, 15) is 10.1 Å². The number of hydrogen-bond acceptors (Lipinski definition) is 6. The van der Waals surface area contributed by atoms with E-state index in [2.05, 4.69) is 27.4 Å². The van der Waals surface area contributed by atoms with Crippen molar-refractivity contribution in [2.24, 2.45) is 11.8 Å². The molecular weight excluding hydrogens is 352 g/mol. The largest absolute Gasteiger partial charge is 0.397 e. The molecular formula is C21H16N6O. The van der Waals surface area contributed by atoms with Crippen molar-refractivity contribution in [3.05, 3.63) is 47.9 Å². The first kappa shape index (κ1) is 17.4. The van der Waals surface area contributed by atoms with Crippen molar-refractivity contribution < 1.29 is 4.79 Å². The summed E-state index contributed by atoms with van der Waals surface area (Å²) in [5, 5.41) is 22.7. The van der Waals surface area contributed by atoms with Gasteiger partial charge in [0.25, 0.3) is 0 Å². The summed E-state index contributed by atoms with van der Waals surface area (Å²) in [6, 6.07) is 9.74. The van der Waals surface area contributed by atoms with E-state index in [0.29, 0.717) is 34.4 Å². The van der Waals surface area contributed by atoms with E-state index in [1.807, 2.05) is 19.1 Å². The first-order valence-electron chi connectivity index (χ1n) is 8.77. The van der Waals surface area contributed by atoms with Crippen LogP contribution in [-0.2, 0) is 4.79 Å². The fraction of sp³-hybridized carbons (Fsp3) is 0.190. The third kappa shape index (κ3) is 2.89. The van der Waals surface area contributed by atoms with Gasteiger partial charge in [0.2, 0.25) is 5.91 Å². The summed E-state index contributed by atoms with van der Waals surface area (Å²) in [6.45, 7) is 1.94. The highest BCUT2D eigenvalue weighted by atomic mass is 16.2. The molecule has 0 spiro atoms. The molecule has 1 aliphatic carbocycles. The number of pyridine rings is 2. The van der Waals surface area contributed by atoms with Crippen molar-refractivity contribution in [1.29, 1.82) is 10.5 Å². The molecule has 136 valence electrons. The zero-order valence-corrected chi connectivity index (χ0v) is 15.1. The van der Waals surface area contributed by atoms with Crippen LogP contribution in [0.5, 0.6) is 0 Å². The highest BCUT2D eigenvalue weighted by Crippen LogP contribution is 2.39. The molecule has 7 heteroatoms. The third-order valence-corrected chi connectivity index (χ3v) is 5.05. The van der Waals surface area contributed by atoms with Gasteiger partial charge in [-0.15, -0.1) is 0 Å². The lowest BCUT2D eigenvalue weighted by Gasteiger charge is -2.13. The van der Waals surface area contributed by atoms with Crippen molar-refractivity contribution in [1.82, 2.24) is 9.97 Å². The Morgan fingerprint density at radius 3 is 2.79 bits per heavy atom. The molecule has 0 unspecified atom stereocenters. The average Bonchev–Trinajstić information content (AvgIpc) is 3.48. The topological polar surface area (TPSA) is 128 Å². The van der Waals surface area contributed by atoms with E-state index >= 15 is 0 Å². The van der Waals surface area contributed by atoms with Crippen molar-refractivity contribution in [2.75, 3.05) is 11.1 Å². The molecule has 3 N–H and O–H groups in total. The van der Waals surface area contributed by atoms with E-state index in [1.54, 1.807) is 24.7 Å². The van der Waals surface area contributed by atoms with Gasteiger partial charge < -0.3 is 11.1 Å². The van der Waals surface area contributed by atoms with Gasteiger partial charge in [-0.2, -0.15) is 10.5 Å². The van der Waals surface area contributed by atoms with Gasteiger partial charge in [-0.3, -0.25) is 9.78 Å². The van der Waals surface area contributed by atoms with Gasteiger partial charge in [0.05, 0.1) is 29.2 Å². The minimum Gasteiger partial charge on any atom is -0.397 e. The van der Waals surface area contributed by atoms with Crippen LogP contribution in [0.2, 0.25) is 0 Å². The van der Waals surface area contributed by atoms with Gasteiger partial charge in [-0.25, -0.2) is 4.98 Å². The predicted molar refractivity (Wildman–Crippen MR) is 105 cm³/mol. The quantitative estimate of drug-likeness (QED) is 0.683. The molecule has 4 rings (SSSR count). The molecule has 3 aromatic rings. The number of nitrogens with one attached hydrogen (secondary N) is 1. The van der Waals surface area contributed by atoms with Gasteiger partial charge in [-0.05, 0) is 42.5 Å². The van der Waals surface area contributed by atoms with Crippen LogP contribution in [-0.4, -0.2) is 15.9 Å². The summed E-state index contributed by atoms with van der Waals surface area (Å²) in [6.07, 6.45) is 5.53. The molecule has 2 atom stereocenters. The van der Waals surface area contributed by atoms with Crippen LogP contribution in [0.15, 0.2) is 36.8 Å². The maximum atomic E-state index is 12.2. The fourth-order valence-corrected chi connectivity index (χ4v) is 3.32. The number of rotatable bonds is 3. The van der Waals surface area contributed by atoms with Crippen LogP contribution < -0.4 is 11.1 Å². The molecule has 0 saturated heterocycles. The Hall–Kier alpha value is -3.97. The lowest BCUT2D eigenvalue weighted by Crippen LogP contribution is -2.15. The zero-order valence-electron chi connectivity index (χ0n) is 15.1. The summed E-state index contributed by atoms with van der Waals surface area (Å²) in [5.74, 6) is -0.306. The number of hydrogen-bond donors (Lipinski definition) is 2. The van der Waals surface area contributed by atoms with Gasteiger partial charge in [-0.1, -0.05) is 0 Å². The van der Waals surface area contributed by atoms with E-state index in [4.69, 9.17) is 11.0 Å². The maximum absolute atomic E-state index is 12.2. The Bertz CT molecular complexity index is 1200. The van der Waals surface area contributed by atoms with Gasteiger partial charge in [0, 0.05) is 35.1 Å². The standard InChI is InChI=1S/C21H16N6O/c1-11-2-3-25-9-17(11)15-4-12-6-19(27-21(28)14-5-13(14)7-22)26-10-18(12)20(24)16(15)8-23/h2-4,6,9-10,13-14H,5,24H2,1H3,(H,26,27,28)/t13-,14+/m0/s1. The maximum Gasteiger partial charge on any atom is 0.230 e. The van der Waals surface area contributed by atoms with Gasteiger partial charge in [0.15, 0.2) is 0 Å². The molecule has 0 bridgehead atoms. The smallest absolute Gasteiger partial charge is 0.230 e. The minimum atomic E-state index is -0.276. The molecule has 1 saturated carbocycles. The number of fused-ring (bicyclic) bond motifs is 1. The molecule has 28 heavy (non-hydrogen) atoms. The monoisotopic (exact) mass is 368 g/mol. The van der Waals surface area contributed by atoms with Crippen LogP contribution in [0, 0.1) is 41.4 Å². The van der Waals surface area contributed by atoms with Crippen LogP contribution in [0.25, 0.3) is 21.9 Å². The second kappa shape index (κ2) is 6.64. The number of nitrogens with two attached hydrogens (primary N) is 1. The molecule has 2 heterocycles. The number of aromatic nitrogens is 2. The lowest BCUT2D eigenvalue weighted by atomic mass is 9.94. The molecule has 1 aromatic carbocycles. The van der Waals surface area contributed by atoms with Gasteiger partial charge in [0.1, 0.15) is 11.9 Å². The fourth-order valence-electron chi connectivity index (χ4n) is 3.32. The molecule has 0 radical (unpaired) electrons. The summed E-state index contributed by atoms with van der Waals surface area (Å²) < 4.78 is 0. The van der Waals surface area contributed by atoms with E-state index in [0.717, 1.165) is 16.5 Å². The number of carbonyl (C=O) groups is 1. The van der Waals surface area contributed by atoms with Crippen LogP contribution >= 0.6 is 0 Å². The van der Waals surface area contributed by atoms with E-state index in [-0.39, 0.29) is 17.7 Å². The second-order valence-corrected chi connectivity index (χ2v) is 6.87. The summed E-state index contributed by atoms with van der Waals surface area (Å²) >= 11 is 0. The Kier molecular flexibility index (Phi) is 4.14. The second-order valence-electron chi connectivity index (χ2n) is 6.87. The lowest BCUT2D eigenvalue weighted by molar-refractivity contribution is -0.117. The van der Waals surface area contributed by atoms with Crippen molar-refractivity contribution in [3.8, 4) is 23.3 Å². The first-order chi connectivity index (χ1) is 13.5. The number of amides is 1. The number of nitrogen functional groups attached to an aromatic ring is 1. The van der Waals surface area contributed by atoms with Crippen LogP contribution in [0.4, 0.5) is 11.5 Å². The van der Waals surface area contributed by atoms with Crippen molar-refractivity contribution in [2.45, 2.75) is 13.3 Å². The minimum absolute atomic E-state index is 0.205. The first-order valence-corrected chi connectivity index (χ1v) is 8.77. The molecule has 7 nitrogen and oxygen atoms in total. The van der Waals surface area contributed by atoms with Crippen LogP contribution in [0.3, 0.4) is 0 Å². The molecule has 1 fully saturated rings. The Labute approximate surface area is 161 Å². The highest BCUT2D eigenvalue weighted by Gasteiger charge is 2.43. The predicted octanol–water partition coefficient (Wildman–Crippen LogP) is 3.16. The molecule has 0 aliphatic heterocycles. The van der Waals surface area contributed by atoms with E-state index < -0.39 is 0 Å². The third-order valence-electron chi connectivity index (χ3n) is 5.05. The summed E-state index contributed by atoms with van der Waals surface area (Å²) in [7, 11) is 0. The zero-order chi connectivity index (χ0) is 19.8. The summed E-state index contributed by atoms with van der Waals surface area (Å²) in [4.78, 5) is 20.6. The van der Waals surface area contributed by atoms with Crippen LogP contribution in [0.1, 0.15) is 17.5 Å². The Morgan fingerprint density at radius 1 is 1.29 bits per heavy atom. The van der Waals surface area contributed by atoms with Crippen molar-refractivity contribution >= 4 is 28.2 Å². The number of nitrogens with zero attached hydrogens (tertiary/aromatic N) is 4. The summed E-state index contributed by atoms with van der Waals surface area (Å²) in [5.41, 5.74) is 9.46. The number of carbonyl (C=O) groups excluding carboxylic acids is 1. The average molecular weight is 368 g/mol. The molecule has 1 amide bonds. The van der Waals surface area contributed by atoms with Gasteiger partial charge >= 0.3 is 0 Å².